The number of nitrogens with zero attached hydrogens (tertiary/aromatic N) is 2. The second-order valence-electron chi connectivity index (χ2n) is 11.5. The zero-order chi connectivity index (χ0) is 29.9. The monoisotopic (exact) mass is 566 g/mol. The quantitative estimate of drug-likeness (QED) is 0.185. The molecule has 0 aliphatic carbocycles. The van der Waals surface area contributed by atoms with Gasteiger partial charge in [-0.1, -0.05) is 127 Å². The van der Waals surface area contributed by atoms with Crippen molar-refractivity contribution in [2.45, 2.75) is 26.7 Å². The third kappa shape index (κ3) is 5.67. The van der Waals surface area contributed by atoms with Crippen LogP contribution in [0, 0.1) is 6.92 Å². The van der Waals surface area contributed by atoms with E-state index in [0.717, 1.165) is 41.2 Å². The first-order valence-electron chi connectivity index (χ1n) is 15.3. The van der Waals surface area contributed by atoms with Crippen molar-refractivity contribution in [2.75, 3.05) is 0 Å². The van der Waals surface area contributed by atoms with Gasteiger partial charge in [-0.3, -0.25) is 9.98 Å². The summed E-state index contributed by atoms with van der Waals surface area (Å²) in [5.41, 5.74) is 16.3. The lowest BCUT2D eigenvalue weighted by atomic mass is 9.89. The van der Waals surface area contributed by atoms with E-state index in [1.165, 1.54) is 50.1 Å². The second kappa shape index (κ2) is 12.1. The van der Waals surface area contributed by atoms with Gasteiger partial charge >= 0.3 is 0 Å². The van der Waals surface area contributed by atoms with Crippen molar-refractivity contribution in [1.82, 2.24) is 0 Å². The molecule has 1 aliphatic rings. The van der Waals surface area contributed by atoms with E-state index in [4.69, 9.17) is 9.98 Å². The van der Waals surface area contributed by atoms with E-state index in [9.17, 15) is 0 Å². The van der Waals surface area contributed by atoms with Gasteiger partial charge < -0.3 is 0 Å². The summed E-state index contributed by atoms with van der Waals surface area (Å²) < 4.78 is 0. The summed E-state index contributed by atoms with van der Waals surface area (Å²) in [6.45, 7) is 4.25. The van der Waals surface area contributed by atoms with Crippen LogP contribution in [0.5, 0.6) is 0 Å². The average molecular weight is 567 g/mol. The van der Waals surface area contributed by atoms with E-state index < -0.39 is 0 Å². The molecule has 2 heteroatoms. The number of para-hydroxylation sites is 2. The average Bonchev–Trinajstić information content (AvgIpc) is 3.11. The molecule has 2 nitrogen and oxygen atoms in total. The maximum atomic E-state index is 5.16. The van der Waals surface area contributed by atoms with E-state index in [1.54, 1.807) is 0 Å². The Balaban J connectivity index is 1.29. The van der Waals surface area contributed by atoms with Crippen molar-refractivity contribution in [3.63, 3.8) is 0 Å². The zero-order valence-electron chi connectivity index (χ0n) is 25.2. The molecule has 0 saturated heterocycles. The standard InChI is InChI=1S/C42H34N2/c1-29-12-6-10-18-40(29)44-42(26-31-13-4-3-5-14-31)33-22-20-32(21-23-33)34-24-25-38-37-17-9-7-15-35(37)27-36-16-8-11-19-41(36)43-30(2)39(38)28-34/h3-25,28H,26-27H2,1-2H3. The molecule has 0 N–H and O–H groups in total. The Bertz CT molecular complexity index is 2010. The highest BCUT2D eigenvalue weighted by atomic mass is 14.8. The first-order chi connectivity index (χ1) is 21.6. The van der Waals surface area contributed by atoms with Crippen molar-refractivity contribution in [3.05, 3.63) is 179 Å². The van der Waals surface area contributed by atoms with Gasteiger partial charge in [-0.05, 0) is 82.1 Å². The van der Waals surface area contributed by atoms with Crippen molar-refractivity contribution < 1.29 is 0 Å². The molecule has 0 radical (unpaired) electrons. The number of aryl methyl sites for hydroxylation is 1. The second-order valence-corrected chi connectivity index (χ2v) is 11.5. The summed E-state index contributed by atoms with van der Waals surface area (Å²) in [7, 11) is 0. The smallest absolute Gasteiger partial charge is 0.0668 e. The Kier molecular flexibility index (Phi) is 7.56. The number of hydrogen-bond donors (Lipinski definition) is 0. The molecule has 212 valence electrons. The third-order valence-electron chi connectivity index (χ3n) is 8.51. The van der Waals surface area contributed by atoms with Crippen LogP contribution in [0.1, 0.15) is 40.3 Å². The Morgan fingerprint density at radius 3 is 2.09 bits per heavy atom. The molecule has 0 spiro atoms. The van der Waals surface area contributed by atoms with Crippen molar-refractivity contribution in [3.8, 4) is 22.3 Å². The summed E-state index contributed by atoms with van der Waals surface area (Å²) in [6.07, 6.45) is 1.63. The molecule has 0 aromatic heterocycles. The summed E-state index contributed by atoms with van der Waals surface area (Å²) in [6, 6.07) is 51.9. The van der Waals surface area contributed by atoms with Crippen LogP contribution in [0.15, 0.2) is 156 Å². The van der Waals surface area contributed by atoms with E-state index in [0.29, 0.717) is 0 Å². The maximum absolute atomic E-state index is 5.16. The van der Waals surface area contributed by atoms with Crippen molar-refractivity contribution in [1.29, 1.82) is 0 Å². The minimum Gasteiger partial charge on any atom is -0.253 e. The number of fused-ring (bicyclic) bond motifs is 4. The zero-order valence-corrected chi connectivity index (χ0v) is 25.2. The summed E-state index contributed by atoms with van der Waals surface area (Å²) in [5, 5.41) is 0. The van der Waals surface area contributed by atoms with E-state index in [-0.39, 0.29) is 0 Å². The van der Waals surface area contributed by atoms with Crippen LogP contribution in [-0.4, -0.2) is 11.4 Å². The van der Waals surface area contributed by atoms with Crippen LogP contribution in [0.4, 0.5) is 11.4 Å². The van der Waals surface area contributed by atoms with Gasteiger partial charge in [-0.2, -0.15) is 0 Å². The minimum atomic E-state index is 0.768. The molecule has 6 aromatic carbocycles. The van der Waals surface area contributed by atoms with Crippen LogP contribution in [0.3, 0.4) is 0 Å². The Morgan fingerprint density at radius 1 is 0.591 bits per heavy atom. The predicted molar refractivity (Wildman–Crippen MR) is 186 cm³/mol. The highest BCUT2D eigenvalue weighted by Gasteiger charge is 2.17. The lowest BCUT2D eigenvalue weighted by Gasteiger charge is -2.15. The van der Waals surface area contributed by atoms with E-state index in [1.807, 2.05) is 0 Å². The molecule has 0 fully saturated rings. The number of hydrogen-bond acceptors (Lipinski definition) is 2. The first kappa shape index (κ1) is 27.5. The fraction of sp³-hybridized carbons (Fsp3) is 0.0952. The molecule has 0 amide bonds. The fourth-order valence-corrected chi connectivity index (χ4v) is 6.10. The molecule has 0 unspecified atom stereocenters. The Hall–Kier alpha value is -5.34. The van der Waals surface area contributed by atoms with Gasteiger partial charge in [-0.15, -0.1) is 0 Å². The lowest BCUT2D eigenvalue weighted by Crippen LogP contribution is -2.05. The van der Waals surface area contributed by atoms with E-state index in [2.05, 4.69) is 159 Å². The molecule has 44 heavy (non-hydrogen) atoms. The Labute approximate surface area is 260 Å². The fourth-order valence-electron chi connectivity index (χ4n) is 6.10. The highest BCUT2D eigenvalue weighted by molar-refractivity contribution is 6.07. The lowest BCUT2D eigenvalue weighted by molar-refractivity contribution is 1.19. The molecule has 0 bridgehead atoms. The van der Waals surface area contributed by atoms with Gasteiger partial charge in [0, 0.05) is 24.1 Å². The van der Waals surface area contributed by atoms with Crippen molar-refractivity contribution >= 4 is 22.8 Å². The van der Waals surface area contributed by atoms with Crippen LogP contribution in [0.25, 0.3) is 22.3 Å². The molecular weight excluding hydrogens is 532 g/mol. The number of aliphatic imine (C=N–C) groups is 2. The molecular formula is C42H34N2. The molecule has 1 heterocycles. The largest absolute Gasteiger partial charge is 0.253 e. The van der Waals surface area contributed by atoms with Gasteiger partial charge in [0.1, 0.15) is 0 Å². The van der Waals surface area contributed by atoms with Gasteiger partial charge in [0.15, 0.2) is 0 Å². The van der Waals surface area contributed by atoms with Crippen LogP contribution < -0.4 is 0 Å². The highest BCUT2D eigenvalue weighted by Crippen LogP contribution is 2.36. The minimum absolute atomic E-state index is 0.768. The predicted octanol–water partition coefficient (Wildman–Crippen LogP) is 10.7. The number of rotatable bonds is 5. The summed E-state index contributed by atoms with van der Waals surface area (Å²) in [4.78, 5) is 10.3. The van der Waals surface area contributed by atoms with Gasteiger partial charge in [0.2, 0.25) is 0 Å². The van der Waals surface area contributed by atoms with Gasteiger partial charge in [-0.25, -0.2) is 0 Å². The Morgan fingerprint density at radius 2 is 1.27 bits per heavy atom. The summed E-state index contributed by atoms with van der Waals surface area (Å²) >= 11 is 0. The normalized spacial score (nSPS) is 12.6. The topological polar surface area (TPSA) is 24.7 Å². The van der Waals surface area contributed by atoms with Crippen molar-refractivity contribution in [2.24, 2.45) is 9.98 Å². The third-order valence-corrected chi connectivity index (χ3v) is 8.51. The van der Waals surface area contributed by atoms with Gasteiger partial charge in [0.05, 0.1) is 17.1 Å². The van der Waals surface area contributed by atoms with E-state index >= 15 is 0 Å². The molecule has 7 rings (SSSR count). The first-order valence-corrected chi connectivity index (χ1v) is 15.3. The molecule has 0 saturated carbocycles. The van der Waals surface area contributed by atoms with Crippen LogP contribution in [0.2, 0.25) is 0 Å². The molecule has 6 aromatic rings. The van der Waals surface area contributed by atoms with Gasteiger partial charge in [0.25, 0.3) is 0 Å². The SMILES string of the molecule is CC1=Nc2ccccc2Cc2ccccc2-c2ccc(-c3ccc(C(Cc4ccccc4)=Nc4ccccc4C)cc3)cc21. The molecule has 0 atom stereocenters. The molecule has 1 aliphatic heterocycles. The van der Waals surface area contributed by atoms with Crippen LogP contribution >= 0.6 is 0 Å². The summed E-state index contributed by atoms with van der Waals surface area (Å²) in [5.74, 6) is 0. The van der Waals surface area contributed by atoms with Crippen LogP contribution in [-0.2, 0) is 12.8 Å². The number of benzene rings is 6. The maximum Gasteiger partial charge on any atom is 0.0668 e.